The number of hydrogen-bond acceptors (Lipinski definition) is 4. The lowest BCUT2D eigenvalue weighted by molar-refractivity contribution is 0.0918. The first-order valence-corrected chi connectivity index (χ1v) is 13.6. The van der Waals surface area contributed by atoms with Crippen LogP contribution in [0.4, 0.5) is 4.39 Å². The van der Waals surface area contributed by atoms with E-state index in [1.807, 2.05) is 38.1 Å². The number of carbonyl (C=O) groups excluding carboxylic acids is 2. The van der Waals surface area contributed by atoms with Crippen LogP contribution in [0, 0.1) is 29.5 Å². The molecule has 1 spiro atoms. The first-order chi connectivity index (χ1) is 18.8. The van der Waals surface area contributed by atoms with Crippen LogP contribution in [0.1, 0.15) is 58.9 Å². The number of ether oxygens (including phenoxy) is 1. The van der Waals surface area contributed by atoms with E-state index in [0.29, 0.717) is 52.0 Å². The fraction of sp³-hybridized carbons (Fsp3) is 0.333. The van der Waals surface area contributed by atoms with E-state index in [0.717, 1.165) is 28.2 Å². The van der Waals surface area contributed by atoms with Crippen LogP contribution in [0.2, 0.25) is 0 Å². The Morgan fingerprint density at radius 2 is 1.85 bits per heavy atom. The number of fused-ring (bicyclic) bond motifs is 1. The molecule has 4 aromatic rings. The number of benzene rings is 3. The molecule has 3 fully saturated rings. The van der Waals surface area contributed by atoms with E-state index in [1.54, 1.807) is 25.2 Å². The number of hydrogen-bond donors (Lipinski definition) is 1. The molecule has 0 saturated heterocycles. The van der Waals surface area contributed by atoms with Crippen LogP contribution in [-0.4, -0.2) is 25.3 Å². The van der Waals surface area contributed by atoms with Crippen LogP contribution in [0.5, 0.6) is 5.75 Å². The van der Waals surface area contributed by atoms with Crippen molar-refractivity contribution in [2.75, 3.05) is 13.7 Å². The molecule has 3 aliphatic rings. The van der Waals surface area contributed by atoms with Gasteiger partial charge < -0.3 is 14.5 Å². The lowest BCUT2D eigenvalue weighted by atomic mass is 9.79. The van der Waals surface area contributed by atoms with E-state index in [-0.39, 0.29) is 22.9 Å². The molecule has 3 unspecified atom stereocenters. The zero-order valence-electron chi connectivity index (χ0n) is 22.3. The topological polar surface area (TPSA) is 68.5 Å². The normalized spacial score (nSPS) is 23.9. The van der Waals surface area contributed by atoms with Crippen LogP contribution in [-0.2, 0) is 0 Å². The molecule has 1 N–H and O–H groups in total. The molecular weight excluding hydrogens is 493 g/mol. The van der Waals surface area contributed by atoms with Gasteiger partial charge in [-0.1, -0.05) is 12.1 Å². The van der Waals surface area contributed by atoms with Crippen molar-refractivity contribution in [3.63, 3.8) is 0 Å². The first kappa shape index (κ1) is 24.1. The van der Waals surface area contributed by atoms with E-state index in [9.17, 15) is 14.0 Å². The number of Topliss-reactive ketones (excluding diaryl/α,β-unsaturated/α-hetero) is 1. The quantitative estimate of drug-likeness (QED) is 0.245. The summed E-state index contributed by atoms with van der Waals surface area (Å²) in [4.78, 5) is 26.6. The molecule has 0 radical (unpaired) electrons. The summed E-state index contributed by atoms with van der Waals surface area (Å²) < 4.78 is 25.8. The van der Waals surface area contributed by atoms with Crippen LogP contribution in [0.25, 0.3) is 33.4 Å². The Balaban J connectivity index is 1.34. The molecular formula is C33H30FNO4. The highest BCUT2D eigenvalue weighted by Gasteiger charge is 2.88. The van der Waals surface area contributed by atoms with Gasteiger partial charge in [-0.25, -0.2) is 4.39 Å². The summed E-state index contributed by atoms with van der Waals surface area (Å²) in [6.07, 6.45) is 4.38. The average molecular weight is 524 g/mol. The second-order valence-electron chi connectivity index (χ2n) is 11.5. The minimum absolute atomic E-state index is 0.212. The van der Waals surface area contributed by atoms with Crippen LogP contribution < -0.4 is 10.1 Å². The Morgan fingerprint density at radius 1 is 1.08 bits per heavy atom. The third-order valence-electron chi connectivity index (χ3n) is 9.45. The lowest BCUT2D eigenvalue weighted by Gasteiger charge is -2.24. The number of aryl methyl sites for hydroxylation is 1. The van der Waals surface area contributed by atoms with Gasteiger partial charge in [0.1, 0.15) is 22.9 Å². The minimum atomic E-state index is -0.368. The number of furan rings is 1. The fourth-order valence-corrected chi connectivity index (χ4v) is 7.27. The molecule has 7 rings (SSSR count). The molecule has 0 aliphatic heterocycles. The maximum Gasteiger partial charge on any atom is 0.255 e. The maximum absolute atomic E-state index is 13.6. The Kier molecular flexibility index (Phi) is 5.13. The summed E-state index contributed by atoms with van der Waals surface area (Å²) in [7, 11) is 1.57. The molecule has 3 aromatic carbocycles. The lowest BCUT2D eigenvalue weighted by Crippen LogP contribution is -2.20. The van der Waals surface area contributed by atoms with Crippen molar-refractivity contribution in [2.24, 2.45) is 16.7 Å². The number of halogens is 1. The Hall–Kier alpha value is -3.93. The Bertz CT molecular complexity index is 1680. The summed E-state index contributed by atoms with van der Waals surface area (Å²) in [6.45, 7) is 4.34. The average Bonchev–Trinajstić information content (AvgIpc) is 3.59. The zero-order chi connectivity index (χ0) is 27.1. The molecule has 5 nitrogen and oxygen atoms in total. The maximum atomic E-state index is 13.6. The highest BCUT2D eigenvalue weighted by molar-refractivity contribution is 6.12. The zero-order valence-corrected chi connectivity index (χ0v) is 22.3. The van der Waals surface area contributed by atoms with Gasteiger partial charge >= 0.3 is 0 Å². The van der Waals surface area contributed by atoms with Crippen LogP contribution in [0.3, 0.4) is 0 Å². The molecule has 198 valence electrons. The standard InChI is InChI=1S/C33H30FNO4/c1-4-38-27-13-28-25(29(31(37)35-3)30(39-28)19-7-9-22(34)10-8-19)12-24(27)20-6-5-18(2)23(11-20)26(36)16-32-14-21-15-33(21,32)17-32/h5-13,21H,4,14-17H2,1-3H3,(H,35,37). The summed E-state index contributed by atoms with van der Waals surface area (Å²) in [5.41, 5.74) is 5.59. The smallest absolute Gasteiger partial charge is 0.255 e. The largest absolute Gasteiger partial charge is 0.493 e. The predicted octanol–water partition coefficient (Wildman–Crippen LogP) is 7.35. The number of nitrogens with one attached hydrogen (secondary N) is 1. The third-order valence-corrected chi connectivity index (χ3v) is 9.45. The first-order valence-electron chi connectivity index (χ1n) is 13.6. The number of carbonyl (C=O) groups is 2. The Labute approximate surface area is 226 Å². The van der Waals surface area contributed by atoms with Gasteiger partial charge in [0, 0.05) is 41.6 Å². The van der Waals surface area contributed by atoms with Gasteiger partial charge in [-0.2, -0.15) is 0 Å². The van der Waals surface area contributed by atoms with Gasteiger partial charge in [-0.15, -0.1) is 0 Å². The minimum Gasteiger partial charge on any atom is -0.493 e. The fourth-order valence-electron chi connectivity index (χ4n) is 7.27. The van der Waals surface area contributed by atoms with E-state index in [4.69, 9.17) is 9.15 Å². The summed E-state index contributed by atoms with van der Waals surface area (Å²) in [5, 5.41) is 3.32. The van der Waals surface area contributed by atoms with Crippen molar-refractivity contribution in [3.05, 3.63) is 77.1 Å². The molecule has 1 heterocycles. The summed E-state index contributed by atoms with van der Waals surface area (Å²) >= 11 is 0. The molecule has 1 aromatic heterocycles. The second kappa shape index (κ2) is 8.28. The van der Waals surface area contributed by atoms with Crippen LogP contribution in [0.15, 0.2) is 59.0 Å². The molecule has 1 amide bonds. The third kappa shape index (κ3) is 3.50. The van der Waals surface area contributed by atoms with Gasteiger partial charge in [0.2, 0.25) is 0 Å². The highest BCUT2D eigenvalue weighted by Crippen LogP contribution is 2.95. The van der Waals surface area contributed by atoms with Gasteiger partial charge in [-0.3, -0.25) is 9.59 Å². The monoisotopic (exact) mass is 523 g/mol. The SMILES string of the molecule is CCOc1cc2oc(-c3ccc(F)cc3)c(C(=O)NC)c2cc1-c1ccc(C)c(C(=O)CC23CC4CC42C3)c1. The number of ketones is 1. The number of rotatable bonds is 8. The summed E-state index contributed by atoms with van der Waals surface area (Å²) in [5.74, 6) is 1.38. The number of amides is 1. The van der Waals surface area contributed by atoms with Gasteiger partial charge in [0.05, 0.1) is 12.2 Å². The van der Waals surface area contributed by atoms with Crippen molar-refractivity contribution in [2.45, 2.75) is 39.5 Å². The van der Waals surface area contributed by atoms with Gasteiger partial charge in [-0.05, 0) is 97.4 Å². The summed E-state index contributed by atoms with van der Waals surface area (Å²) in [6, 6.07) is 15.5. The molecule has 6 heteroatoms. The molecule has 3 atom stereocenters. The van der Waals surface area contributed by atoms with E-state index < -0.39 is 0 Å². The van der Waals surface area contributed by atoms with Gasteiger partial charge in [0.15, 0.2) is 5.78 Å². The molecule has 0 bridgehead atoms. The van der Waals surface area contributed by atoms with Crippen molar-refractivity contribution in [1.29, 1.82) is 0 Å². The van der Waals surface area contributed by atoms with E-state index in [1.165, 1.54) is 31.4 Å². The second-order valence-corrected chi connectivity index (χ2v) is 11.5. The van der Waals surface area contributed by atoms with E-state index >= 15 is 0 Å². The Morgan fingerprint density at radius 3 is 2.49 bits per heavy atom. The highest BCUT2D eigenvalue weighted by atomic mass is 19.1. The van der Waals surface area contributed by atoms with Crippen LogP contribution >= 0.6 is 0 Å². The molecule has 3 saturated carbocycles. The molecule has 39 heavy (non-hydrogen) atoms. The van der Waals surface area contributed by atoms with Crippen molar-refractivity contribution < 1.29 is 23.1 Å². The van der Waals surface area contributed by atoms with Gasteiger partial charge in [0.25, 0.3) is 5.91 Å². The predicted molar refractivity (Wildman–Crippen MR) is 147 cm³/mol. The molecule has 3 aliphatic carbocycles. The van der Waals surface area contributed by atoms with E-state index in [2.05, 4.69) is 5.32 Å². The van der Waals surface area contributed by atoms with Crippen molar-refractivity contribution in [1.82, 2.24) is 5.32 Å². The van der Waals surface area contributed by atoms with Crippen molar-refractivity contribution in [3.8, 4) is 28.2 Å². The van der Waals surface area contributed by atoms with Crippen molar-refractivity contribution >= 4 is 22.7 Å².